The fourth-order valence-electron chi connectivity index (χ4n) is 3.32. The smallest absolute Gasteiger partial charge is 0.321 e. The van der Waals surface area contributed by atoms with Crippen LogP contribution in [0.3, 0.4) is 0 Å². The number of rotatable bonds is 5. The van der Waals surface area contributed by atoms with Gasteiger partial charge in [0.15, 0.2) is 5.01 Å². The quantitative estimate of drug-likeness (QED) is 0.374. The Kier molecular flexibility index (Phi) is 5.74. The summed E-state index contributed by atoms with van der Waals surface area (Å²) in [5.74, 6) is 2.81. The molecular weight excluding hydrogens is 428 g/mol. The number of urea groups is 1. The zero-order valence-corrected chi connectivity index (χ0v) is 18.6. The topological polar surface area (TPSA) is 87.1 Å². The lowest BCUT2D eigenvalue weighted by atomic mass is 9.90. The fourth-order valence-corrected chi connectivity index (χ4v) is 4.70. The van der Waals surface area contributed by atoms with E-state index in [-0.39, 0.29) is 0 Å². The second kappa shape index (κ2) is 8.47. The number of aromatic nitrogens is 2. The summed E-state index contributed by atoms with van der Waals surface area (Å²) in [5, 5.41) is 18.4. The molecule has 2 aromatic heterocycles. The van der Waals surface area contributed by atoms with Crippen LogP contribution in [0.4, 0.5) is 10.6 Å². The van der Waals surface area contributed by atoms with E-state index >= 15 is 0 Å². The molecule has 3 N–H and O–H groups in total. The fraction of sp³-hybridized carbons (Fsp3) is 0.174. The van der Waals surface area contributed by atoms with Gasteiger partial charge >= 0.3 is 6.03 Å². The second-order valence-corrected chi connectivity index (χ2v) is 9.21. The van der Waals surface area contributed by atoms with Gasteiger partial charge in [0.1, 0.15) is 5.82 Å². The van der Waals surface area contributed by atoms with Gasteiger partial charge in [-0.05, 0) is 37.0 Å². The third-order valence-corrected chi connectivity index (χ3v) is 6.41. The zero-order valence-electron chi connectivity index (χ0n) is 16.9. The van der Waals surface area contributed by atoms with Gasteiger partial charge in [-0.1, -0.05) is 36.4 Å². The van der Waals surface area contributed by atoms with Gasteiger partial charge in [0, 0.05) is 10.9 Å². The third-order valence-electron chi connectivity index (χ3n) is 4.76. The molecule has 4 rings (SSSR count). The summed E-state index contributed by atoms with van der Waals surface area (Å²) in [7, 11) is 0. The molecule has 0 saturated heterocycles. The van der Waals surface area contributed by atoms with E-state index in [1.165, 1.54) is 11.3 Å². The molecular formula is C23H20N4O2S2. The minimum atomic E-state index is -1.19. The van der Waals surface area contributed by atoms with Gasteiger partial charge in [-0.2, -0.15) is 0 Å². The first-order valence-corrected chi connectivity index (χ1v) is 11.3. The Labute approximate surface area is 188 Å². The van der Waals surface area contributed by atoms with Gasteiger partial charge in [0.05, 0.1) is 27.4 Å². The SMILES string of the molecule is C#Cc1nc(NC(=O)N[C@H](c2ccc(-c3cccc4ncsc34)cc2)C(C)(C)O)cs1. The van der Waals surface area contributed by atoms with Crippen molar-refractivity contribution in [1.82, 2.24) is 15.3 Å². The van der Waals surface area contributed by atoms with E-state index in [0.29, 0.717) is 10.8 Å². The molecule has 0 spiro atoms. The number of aliphatic hydroxyl groups is 1. The number of carbonyl (C=O) groups excluding carboxylic acids is 1. The van der Waals surface area contributed by atoms with Gasteiger partial charge < -0.3 is 10.4 Å². The summed E-state index contributed by atoms with van der Waals surface area (Å²) < 4.78 is 1.13. The minimum absolute atomic E-state index is 0.373. The Morgan fingerprint density at radius 1 is 1.19 bits per heavy atom. The van der Waals surface area contributed by atoms with Crippen LogP contribution in [0.25, 0.3) is 21.3 Å². The second-order valence-electron chi connectivity index (χ2n) is 7.50. The van der Waals surface area contributed by atoms with E-state index in [1.807, 2.05) is 41.9 Å². The van der Waals surface area contributed by atoms with E-state index < -0.39 is 17.7 Å². The van der Waals surface area contributed by atoms with E-state index in [9.17, 15) is 9.90 Å². The summed E-state index contributed by atoms with van der Waals surface area (Å²) in [6.07, 6.45) is 5.32. The molecule has 1 atom stereocenters. The molecule has 0 unspecified atom stereocenters. The average molecular weight is 449 g/mol. The molecule has 31 heavy (non-hydrogen) atoms. The van der Waals surface area contributed by atoms with Crippen molar-refractivity contribution in [3.8, 4) is 23.5 Å². The maximum Gasteiger partial charge on any atom is 0.321 e. The van der Waals surface area contributed by atoms with Crippen molar-refractivity contribution in [3.63, 3.8) is 0 Å². The third kappa shape index (κ3) is 4.59. The van der Waals surface area contributed by atoms with E-state index in [1.54, 1.807) is 30.6 Å². The van der Waals surface area contributed by atoms with E-state index in [2.05, 4.69) is 32.6 Å². The first-order chi connectivity index (χ1) is 14.8. The lowest BCUT2D eigenvalue weighted by molar-refractivity contribution is 0.0415. The summed E-state index contributed by atoms with van der Waals surface area (Å²) in [6, 6.07) is 12.7. The van der Waals surface area contributed by atoms with Crippen LogP contribution >= 0.6 is 22.7 Å². The first-order valence-electron chi connectivity index (χ1n) is 9.50. The number of amides is 2. The Hall–Kier alpha value is -3.25. The molecule has 2 amide bonds. The monoisotopic (exact) mass is 448 g/mol. The predicted octanol–water partition coefficient (Wildman–Crippen LogP) is 5.03. The Morgan fingerprint density at radius 2 is 1.97 bits per heavy atom. The van der Waals surface area contributed by atoms with Crippen molar-refractivity contribution in [3.05, 3.63) is 63.9 Å². The van der Waals surface area contributed by atoms with Gasteiger partial charge in [-0.15, -0.1) is 29.1 Å². The maximum atomic E-state index is 12.5. The number of thiazole rings is 2. The van der Waals surface area contributed by atoms with Crippen molar-refractivity contribution in [2.24, 2.45) is 0 Å². The van der Waals surface area contributed by atoms with Crippen molar-refractivity contribution >= 4 is 44.7 Å². The number of fused-ring (bicyclic) bond motifs is 1. The molecule has 0 aliphatic heterocycles. The van der Waals surface area contributed by atoms with Gasteiger partial charge in [-0.3, -0.25) is 5.32 Å². The highest BCUT2D eigenvalue weighted by Crippen LogP contribution is 2.33. The summed E-state index contributed by atoms with van der Waals surface area (Å²) in [4.78, 5) is 21.0. The van der Waals surface area contributed by atoms with Crippen molar-refractivity contribution in [2.75, 3.05) is 5.32 Å². The molecule has 2 aromatic carbocycles. The normalized spacial score (nSPS) is 12.3. The van der Waals surface area contributed by atoms with Crippen LogP contribution < -0.4 is 10.6 Å². The lowest BCUT2D eigenvalue weighted by Gasteiger charge is -2.30. The number of carbonyl (C=O) groups is 1. The van der Waals surface area contributed by atoms with Gasteiger partial charge in [0.25, 0.3) is 0 Å². The number of nitrogens with zero attached hydrogens (tertiary/aromatic N) is 2. The number of benzene rings is 2. The van der Waals surface area contributed by atoms with Crippen LogP contribution in [-0.2, 0) is 0 Å². The van der Waals surface area contributed by atoms with Gasteiger partial charge in [-0.25, -0.2) is 14.8 Å². The van der Waals surface area contributed by atoms with E-state index in [4.69, 9.17) is 6.42 Å². The molecule has 8 heteroatoms. The standard InChI is InChI=1S/C23H20N4O2S2/c1-4-19-25-18(12-30-19)26-22(28)27-21(23(2,3)29)15-10-8-14(9-11-15)16-6-5-7-17-20(16)31-13-24-17/h1,5-13,21,29H,2-3H3,(H2,26,27,28)/t21-/m1/s1. The van der Waals surface area contributed by atoms with Gasteiger partial charge in [0.2, 0.25) is 0 Å². The Morgan fingerprint density at radius 3 is 2.65 bits per heavy atom. The highest BCUT2D eigenvalue weighted by atomic mass is 32.1. The number of hydrogen-bond acceptors (Lipinski definition) is 6. The molecule has 0 bridgehead atoms. The van der Waals surface area contributed by atoms with Crippen LogP contribution in [0.15, 0.2) is 53.4 Å². The summed E-state index contributed by atoms with van der Waals surface area (Å²) >= 11 is 2.87. The molecule has 0 aliphatic carbocycles. The largest absolute Gasteiger partial charge is 0.388 e. The van der Waals surface area contributed by atoms with E-state index in [0.717, 1.165) is 26.9 Å². The van der Waals surface area contributed by atoms with Crippen LogP contribution in [0.1, 0.15) is 30.5 Å². The summed E-state index contributed by atoms with van der Waals surface area (Å²) in [6.45, 7) is 3.31. The van der Waals surface area contributed by atoms with Crippen molar-refractivity contribution in [2.45, 2.75) is 25.5 Å². The van der Waals surface area contributed by atoms with Crippen molar-refractivity contribution in [1.29, 1.82) is 0 Å². The number of hydrogen-bond donors (Lipinski definition) is 3. The van der Waals surface area contributed by atoms with Crippen LogP contribution in [0.5, 0.6) is 0 Å². The number of anilines is 1. The highest BCUT2D eigenvalue weighted by Gasteiger charge is 2.30. The van der Waals surface area contributed by atoms with Crippen LogP contribution in [-0.4, -0.2) is 26.7 Å². The molecule has 156 valence electrons. The Bertz CT molecular complexity index is 1260. The molecule has 6 nitrogen and oxygen atoms in total. The van der Waals surface area contributed by atoms with Crippen LogP contribution in [0.2, 0.25) is 0 Å². The maximum absolute atomic E-state index is 12.5. The average Bonchev–Trinajstić information content (AvgIpc) is 3.40. The van der Waals surface area contributed by atoms with Crippen LogP contribution in [0, 0.1) is 12.3 Å². The molecule has 0 aliphatic rings. The molecule has 0 fully saturated rings. The Balaban J connectivity index is 1.56. The number of terminal acetylenes is 1. The lowest BCUT2D eigenvalue weighted by Crippen LogP contribution is -2.43. The first kappa shape index (κ1) is 21.0. The molecule has 2 heterocycles. The predicted molar refractivity (Wildman–Crippen MR) is 126 cm³/mol. The zero-order chi connectivity index (χ0) is 22.0. The minimum Gasteiger partial charge on any atom is -0.388 e. The molecule has 0 saturated carbocycles. The van der Waals surface area contributed by atoms with Crippen molar-refractivity contribution < 1.29 is 9.90 Å². The summed E-state index contributed by atoms with van der Waals surface area (Å²) in [5.41, 5.74) is 4.54. The number of nitrogens with one attached hydrogen (secondary N) is 2. The molecule has 0 radical (unpaired) electrons. The highest BCUT2D eigenvalue weighted by molar-refractivity contribution is 7.17. The molecule has 4 aromatic rings.